The summed E-state index contributed by atoms with van der Waals surface area (Å²) in [6, 6.07) is 29.1. The molecule has 5 nitrogen and oxygen atoms in total. The lowest BCUT2D eigenvalue weighted by molar-refractivity contribution is 0.306. The summed E-state index contributed by atoms with van der Waals surface area (Å²) >= 11 is 0. The molecule has 3 aromatic carbocycles. The van der Waals surface area contributed by atoms with Crippen molar-refractivity contribution in [3.8, 4) is 11.8 Å². The zero-order valence-electron chi connectivity index (χ0n) is 15.6. The molecule has 0 bridgehead atoms. The van der Waals surface area contributed by atoms with Crippen LogP contribution in [0.3, 0.4) is 0 Å². The fourth-order valence-electron chi connectivity index (χ4n) is 2.87. The number of hydrogen-bond acceptors (Lipinski definition) is 5. The van der Waals surface area contributed by atoms with Gasteiger partial charge in [-0.1, -0.05) is 36.4 Å². The zero-order valence-corrected chi connectivity index (χ0v) is 15.6. The second-order valence-corrected chi connectivity index (χ2v) is 6.39. The molecule has 0 radical (unpaired) electrons. The Bertz CT molecular complexity index is 1190. The smallest absolute Gasteiger partial charge is 0.146 e. The first-order chi connectivity index (χ1) is 14.3. The maximum absolute atomic E-state index is 9.14. The van der Waals surface area contributed by atoms with E-state index >= 15 is 0 Å². The Labute approximate surface area is 168 Å². The van der Waals surface area contributed by atoms with E-state index in [0.29, 0.717) is 18.0 Å². The van der Waals surface area contributed by atoms with E-state index in [-0.39, 0.29) is 0 Å². The molecular weight excluding hydrogens is 360 g/mol. The Kier molecular flexibility index (Phi) is 5.45. The lowest BCUT2D eigenvalue weighted by Gasteiger charge is -2.07. The number of aromatic nitrogens is 1. The van der Waals surface area contributed by atoms with E-state index in [1.807, 2.05) is 78.9 Å². The van der Waals surface area contributed by atoms with Crippen molar-refractivity contribution in [3.63, 3.8) is 0 Å². The van der Waals surface area contributed by atoms with Crippen molar-refractivity contribution in [2.24, 2.45) is 5.10 Å². The number of para-hydroxylation sites is 1. The highest BCUT2D eigenvalue weighted by atomic mass is 16.5. The van der Waals surface area contributed by atoms with Gasteiger partial charge in [0, 0.05) is 10.9 Å². The van der Waals surface area contributed by atoms with E-state index in [2.05, 4.69) is 21.6 Å². The van der Waals surface area contributed by atoms with Gasteiger partial charge in [0.05, 0.1) is 23.4 Å². The van der Waals surface area contributed by atoms with E-state index in [1.165, 1.54) is 0 Å². The molecule has 0 spiro atoms. The average molecular weight is 378 g/mol. The monoisotopic (exact) mass is 378 g/mol. The van der Waals surface area contributed by atoms with Gasteiger partial charge in [-0.15, -0.1) is 0 Å². The predicted octanol–water partition coefficient (Wildman–Crippen LogP) is 5.13. The van der Waals surface area contributed by atoms with Gasteiger partial charge in [0.1, 0.15) is 18.2 Å². The Hall–Kier alpha value is -4.17. The standard InChI is InChI=1S/C24H18N4O/c25-15-20-6-1-2-7-21(20)17-29-22-12-9-18(10-13-22)16-26-28-24-14-11-19-5-3-4-8-23(19)27-24/h1-14,16H,17H2,(H,27,28)/b26-16-. The molecule has 4 rings (SSSR count). The third-order valence-corrected chi connectivity index (χ3v) is 4.40. The molecule has 29 heavy (non-hydrogen) atoms. The summed E-state index contributed by atoms with van der Waals surface area (Å²) in [5, 5.41) is 14.5. The van der Waals surface area contributed by atoms with Gasteiger partial charge in [-0.05, 0) is 54.1 Å². The number of nitrogens with one attached hydrogen (secondary N) is 1. The second-order valence-electron chi connectivity index (χ2n) is 6.39. The van der Waals surface area contributed by atoms with Crippen molar-refractivity contribution in [3.05, 3.63) is 102 Å². The van der Waals surface area contributed by atoms with Gasteiger partial charge in [0.2, 0.25) is 0 Å². The molecule has 0 saturated heterocycles. The number of benzene rings is 3. The molecule has 0 aliphatic rings. The number of pyridine rings is 1. The summed E-state index contributed by atoms with van der Waals surface area (Å²) < 4.78 is 5.78. The fourth-order valence-corrected chi connectivity index (χ4v) is 2.87. The molecule has 0 unspecified atom stereocenters. The molecule has 0 fully saturated rings. The van der Waals surface area contributed by atoms with Crippen LogP contribution in [0.15, 0.2) is 90.0 Å². The van der Waals surface area contributed by atoms with Crippen LogP contribution in [0, 0.1) is 11.3 Å². The third kappa shape index (κ3) is 4.57. The van der Waals surface area contributed by atoms with Crippen LogP contribution in [0.1, 0.15) is 16.7 Å². The predicted molar refractivity (Wildman–Crippen MR) is 115 cm³/mol. The molecule has 140 valence electrons. The number of anilines is 1. The first-order valence-electron chi connectivity index (χ1n) is 9.17. The number of hydrogen-bond donors (Lipinski definition) is 1. The molecule has 1 aromatic heterocycles. The minimum absolute atomic E-state index is 0.354. The maximum Gasteiger partial charge on any atom is 0.146 e. The average Bonchev–Trinajstić information content (AvgIpc) is 2.78. The number of hydrazone groups is 1. The molecule has 5 heteroatoms. The van der Waals surface area contributed by atoms with Crippen LogP contribution in [0.4, 0.5) is 5.82 Å². The zero-order chi connectivity index (χ0) is 19.9. The Morgan fingerprint density at radius 1 is 0.931 bits per heavy atom. The summed E-state index contributed by atoms with van der Waals surface area (Å²) in [7, 11) is 0. The largest absolute Gasteiger partial charge is 0.489 e. The molecule has 0 saturated carbocycles. The summed E-state index contributed by atoms with van der Waals surface area (Å²) in [5.41, 5.74) is 6.31. The van der Waals surface area contributed by atoms with Crippen molar-refractivity contribution in [2.75, 3.05) is 5.43 Å². The molecule has 1 heterocycles. The minimum Gasteiger partial charge on any atom is -0.489 e. The minimum atomic E-state index is 0.354. The number of fused-ring (bicyclic) bond motifs is 1. The quantitative estimate of drug-likeness (QED) is 0.373. The third-order valence-electron chi connectivity index (χ3n) is 4.40. The fraction of sp³-hybridized carbons (Fsp3) is 0.0417. The van der Waals surface area contributed by atoms with E-state index in [9.17, 15) is 0 Å². The summed E-state index contributed by atoms with van der Waals surface area (Å²) in [5.74, 6) is 1.43. The first kappa shape index (κ1) is 18.2. The molecular formula is C24H18N4O. The van der Waals surface area contributed by atoms with Gasteiger partial charge in [-0.2, -0.15) is 10.4 Å². The Morgan fingerprint density at radius 3 is 2.59 bits per heavy atom. The van der Waals surface area contributed by atoms with E-state index < -0.39 is 0 Å². The van der Waals surface area contributed by atoms with Crippen LogP contribution in [0.2, 0.25) is 0 Å². The molecule has 0 aliphatic carbocycles. The van der Waals surface area contributed by atoms with Crippen molar-refractivity contribution in [1.82, 2.24) is 4.98 Å². The van der Waals surface area contributed by atoms with Gasteiger partial charge in [0.15, 0.2) is 0 Å². The number of nitriles is 1. The maximum atomic E-state index is 9.14. The van der Waals surface area contributed by atoms with Crippen molar-refractivity contribution >= 4 is 22.9 Å². The van der Waals surface area contributed by atoms with Gasteiger partial charge in [-0.3, -0.25) is 5.43 Å². The highest BCUT2D eigenvalue weighted by Gasteiger charge is 2.02. The van der Waals surface area contributed by atoms with Gasteiger partial charge >= 0.3 is 0 Å². The number of ether oxygens (including phenoxy) is 1. The first-order valence-corrected chi connectivity index (χ1v) is 9.17. The summed E-state index contributed by atoms with van der Waals surface area (Å²) in [6.45, 7) is 0.354. The Morgan fingerprint density at radius 2 is 1.72 bits per heavy atom. The van der Waals surface area contributed by atoms with E-state index in [1.54, 1.807) is 12.3 Å². The molecule has 0 atom stereocenters. The van der Waals surface area contributed by atoms with Crippen LogP contribution in [-0.4, -0.2) is 11.2 Å². The topological polar surface area (TPSA) is 70.3 Å². The number of nitrogens with zero attached hydrogens (tertiary/aromatic N) is 3. The summed E-state index contributed by atoms with van der Waals surface area (Å²) in [4.78, 5) is 4.52. The number of rotatable bonds is 6. The van der Waals surface area contributed by atoms with E-state index in [4.69, 9.17) is 10.00 Å². The SMILES string of the molecule is N#Cc1ccccc1COc1ccc(/C=N\Nc2ccc3ccccc3n2)cc1. The van der Waals surface area contributed by atoms with Crippen LogP contribution in [0.25, 0.3) is 10.9 Å². The molecule has 4 aromatic rings. The molecule has 0 aliphatic heterocycles. The lowest BCUT2D eigenvalue weighted by atomic mass is 10.1. The van der Waals surface area contributed by atoms with Gasteiger partial charge in [-0.25, -0.2) is 4.98 Å². The van der Waals surface area contributed by atoms with Crippen LogP contribution >= 0.6 is 0 Å². The van der Waals surface area contributed by atoms with Crippen LogP contribution < -0.4 is 10.2 Å². The van der Waals surface area contributed by atoms with Crippen molar-refractivity contribution < 1.29 is 4.74 Å². The normalized spacial score (nSPS) is 10.7. The van der Waals surface area contributed by atoms with Crippen LogP contribution in [-0.2, 0) is 6.61 Å². The Balaban J connectivity index is 1.35. The second kappa shape index (κ2) is 8.68. The van der Waals surface area contributed by atoms with Crippen molar-refractivity contribution in [2.45, 2.75) is 6.61 Å². The highest BCUT2D eigenvalue weighted by Crippen LogP contribution is 2.16. The van der Waals surface area contributed by atoms with Gasteiger partial charge in [0.25, 0.3) is 0 Å². The van der Waals surface area contributed by atoms with Crippen molar-refractivity contribution in [1.29, 1.82) is 5.26 Å². The van der Waals surface area contributed by atoms with E-state index in [0.717, 1.165) is 27.8 Å². The molecule has 1 N–H and O–H groups in total. The van der Waals surface area contributed by atoms with Crippen LogP contribution in [0.5, 0.6) is 5.75 Å². The molecule has 0 amide bonds. The highest BCUT2D eigenvalue weighted by molar-refractivity contribution is 5.82. The lowest BCUT2D eigenvalue weighted by Crippen LogP contribution is -1.98. The summed E-state index contributed by atoms with van der Waals surface area (Å²) in [6.07, 6.45) is 1.73. The van der Waals surface area contributed by atoms with Gasteiger partial charge < -0.3 is 4.74 Å².